The van der Waals surface area contributed by atoms with Gasteiger partial charge in [0, 0.05) is 49.5 Å². The molecule has 214 valence electrons. The van der Waals surface area contributed by atoms with Crippen LogP contribution in [0.15, 0.2) is 89.4 Å². The molecular weight excluding hydrogens is 574 g/mol. The molecule has 5 nitrogen and oxygen atoms in total. The van der Waals surface area contributed by atoms with Crippen LogP contribution < -0.4 is 0 Å². The highest BCUT2D eigenvalue weighted by Crippen LogP contribution is 2.43. The lowest BCUT2D eigenvalue weighted by Gasteiger charge is -2.39. The molecule has 2 atom stereocenters. The van der Waals surface area contributed by atoms with Crippen molar-refractivity contribution in [2.75, 3.05) is 39.3 Å². The fourth-order valence-corrected chi connectivity index (χ4v) is 7.47. The van der Waals surface area contributed by atoms with Gasteiger partial charge in [-0.05, 0) is 73.5 Å². The van der Waals surface area contributed by atoms with Gasteiger partial charge in [0.25, 0.3) is 0 Å². The van der Waals surface area contributed by atoms with Crippen LogP contribution in [-0.4, -0.2) is 65.8 Å². The van der Waals surface area contributed by atoms with E-state index in [1.165, 1.54) is 16.7 Å². The van der Waals surface area contributed by atoms with Crippen LogP contribution in [0.2, 0.25) is 0 Å². The van der Waals surface area contributed by atoms with Crippen LogP contribution >= 0.6 is 15.9 Å². The summed E-state index contributed by atoms with van der Waals surface area (Å²) in [6.07, 6.45) is 4.19. The quantitative estimate of drug-likeness (QED) is 0.307. The molecule has 0 aromatic heterocycles. The van der Waals surface area contributed by atoms with Crippen molar-refractivity contribution in [3.8, 4) is 0 Å². The van der Waals surface area contributed by atoms with Crippen molar-refractivity contribution in [3.63, 3.8) is 0 Å². The number of halogens is 1. The van der Waals surface area contributed by atoms with Gasteiger partial charge in [0.2, 0.25) is 11.8 Å². The van der Waals surface area contributed by atoms with Gasteiger partial charge in [-0.2, -0.15) is 0 Å². The maximum Gasteiger partial charge on any atom is 0.229 e. The Balaban J connectivity index is 1.06. The maximum absolute atomic E-state index is 13.6. The predicted molar refractivity (Wildman–Crippen MR) is 166 cm³/mol. The summed E-state index contributed by atoms with van der Waals surface area (Å²) in [5.41, 5.74) is 3.54. The van der Waals surface area contributed by atoms with Crippen LogP contribution in [0.1, 0.15) is 48.3 Å². The van der Waals surface area contributed by atoms with Crippen LogP contribution in [0, 0.1) is 11.3 Å². The van der Waals surface area contributed by atoms with Crippen LogP contribution in [0.25, 0.3) is 0 Å². The summed E-state index contributed by atoms with van der Waals surface area (Å²) < 4.78 is 1.06. The number of piperidine rings is 1. The Labute approximate surface area is 252 Å². The molecule has 6 rings (SSSR count). The molecule has 3 aromatic carbocycles. The lowest BCUT2D eigenvalue weighted by Crippen LogP contribution is -2.46. The number of amides is 2. The van der Waals surface area contributed by atoms with Crippen molar-refractivity contribution >= 4 is 27.7 Å². The Morgan fingerprint density at radius 3 is 2.17 bits per heavy atom. The minimum Gasteiger partial charge on any atom is -0.342 e. The van der Waals surface area contributed by atoms with Gasteiger partial charge in [0.05, 0.1) is 5.41 Å². The molecule has 0 saturated carbocycles. The molecule has 1 spiro atoms. The zero-order valence-corrected chi connectivity index (χ0v) is 25.3. The van der Waals surface area contributed by atoms with Crippen molar-refractivity contribution in [3.05, 3.63) is 106 Å². The number of benzene rings is 3. The van der Waals surface area contributed by atoms with Crippen LogP contribution in [0.3, 0.4) is 0 Å². The lowest BCUT2D eigenvalue weighted by molar-refractivity contribution is -0.139. The first-order chi connectivity index (χ1) is 20.0. The molecule has 0 N–H and O–H groups in total. The predicted octanol–water partition coefficient (Wildman–Crippen LogP) is 6.14. The smallest absolute Gasteiger partial charge is 0.229 e. The SMILES string of the molecule is O=C(CCc1ccccc1)N1C[C@H](CN2CCC3(CC2)CCN(Cc2ccc(Br)cc2)C3=O)[C@@H](c2ccccc2)C1. The third-order valence-electron chi connectivity index (χ3n) is 9.69. The summed E-state index contributed by atoms with van der Waals surface area (Å²) in [5, 5.41) is 0. The van der Waals surface area contributed by atoms with Crippen LogP contribution in [-0.2, 0) is 22.6 Å². The summed E-state index contributed by atoms with van der Waals surface area (Å²) in [5.74, 6) is 1.36. The molecule has 0 radical (unpaired) electrons. The number of carbonyl (C=O) groups excluding carboxylic acids is 2. The first-order valence-corrected chi connectivity index (χ1v) is 15.9. The highest BCUT2D eigenvalue weighted by Gasteiger charge is 2.48. The molecule has 41 heavy (non-hydrogen) atoms. The van der Waals surface area contributed by atoms with Crippen molar-refractivity contribution in [1.82, 2.24) is 14.7 Å². The van der Waals surface area contributed by atoms with E-state index in [0.717, 1.165) is 69.4 Å². The Morgan fingerprint density at radius 1 is 0.805 bits per heavy atom. The normalized spacial score (nSPS) is 22.5. The molecule has 6 heteroatoms. The molecular formula is C35H40BrN3O2. The molecule has 3 heterocycles. The minimum atomic E-state index is -0.195. The van der Waals surface area contributed by atoms with Gasteiger partial charge < -0.3 is 14.7 Å². The van der Waals surface area contributed by atoms with E-state index >= 15 is 0 Å². The Morgan fingerprint density at radius 2 is 1.46 bits per heavy atom. The monoisotopic (exact) mass is 613 g/mol. The summed E-state index contributed by atoms with van der Waals surface area (Å²) in [7, 11) is 0. The second-order valence-corrected chi connectivity index (χ2v) is 13.2. The van der Waals surface area contributed by atoms with Gasteiger partial charge in [-0.3, -0.25) is 9.59 Å². The highest BCUT2D eigenvalue weighted by atomic mass is 79.9. The lowest BCUT2D eigenvalue weighted by atomic mass is 9.76. The second kappa shape index (κ2) is 12.5. The molecule has 3 saturated heterocycles. The zero-order chi connectivity index (χ0) is 28.2. The molecule has 0 bridgehead atoms. The first kappa shape index (κ1) is 28.2. The number of hydrogen-bond acceptors (Lipinski definition) is 3. The van der Waals surface area contributed by atoms with Crippen molar-refractivity contribution < 1.29 is 9.59 Å². The average molecular weight is 615 g/mol. The van der Waals surface area contributed by atoms with Gasteiger partial charge in [0.1, 0.15) is 0 Å². The standard InChI is InChI=1S/C35H40BrN3O2/c36-31-14-11-28(12-15-31)23-38-22-19-35(34(38)41)17-20-37(21-18-35)24-30-25-39(26-32(30)29-9-5-2-6-10-29)33(40)16-13-27-7-3-1-4-8-27/h1-12,14-15,30,32H,13,16-26H2/t30-,32+/m0/s1. The number of hydrogen-bond donors (Lipinski definition) is 0. The van der Waals surface area contributed by atoms with Gasteiger partial charge in [-0.25, -0.2) is 0 Å². The van der Waals surface area contributed by atoms with Crippen LogP contribution in [0.5, 0.6) is 0 Å². The second-order valence-electron chi connectivity index (χ2n) is 12.2. The summed E-state index contributed by atoms with van der Waals surface area (Å²) in [6, 6.07) is 29.3. The van der Waals surface area contributed by atoms with Crippen molar-refractivity contribution in [2.45, 2.75) is 44.6 Å². The molecule has 3 aliphatic rings. The summed E-state index contributed by atoms with van der Waals surface area (Å²) in [4.78, 5) is 33.6. The van der Waals surface area contributed by atoms with E-state index in [-0.39, 0.29) is 11.3 Å². The Hall–Kier alpha value is -2.96. The topological polar surface area (TPSA) is 43.9 Å². The van der Waals surface area contributed by atoms with Gasteiger partial charge in [0.15, 0.2) is 0 Å². The first-order valence-electron chi connectivity index (χ1n) is 15.1. The third-order valence-corrected chi connectivity index (χ3v) is 10.2. The number of nitrogens with zero attached hydrogens (tertiary/aromatic N) is 3. The number of likely N-dealkylation sites (tertiary alicyclic amines) is 3. The van der Waals surface area contributed by atoms with E-state index in [4.69, 9.17) is 0 Å². The zero-order valence-electron chi connectivity index (χ0n) is 23.8. The molecule has 3 aromatic rings. The maximum atomic E-state index is 13.6. The molecule has 0 unspecified atom stereocenters. The number of carbonyl (C=O) groups is 2. The number of rotatable bonds is 8. The molecule has 2 amide bonds. The molecule has 3 fully saturated rings. The van der Waals surface area contributed by atoms with Gasteiger partial charge in [-0.1, -0.05) is 88.7 Å². The largest absolute Gasteiger partial charge is 0.342 e. The Kier molecular flexibility index (Phi) is 8.59. The van der Waals surface area contributed by atoms with Crippen molar-refractivity contribution in [2.24, 2.45) is 11.3 Å². The van der Waals surface area contributed by atoms with E-state index in [1.54, 1.807) is 0 Å². The minimum absolute atomic E-state index is 0.195. The fourth-order valence-electron chi connectivity index (χ4n) is 7.20. The molecule has 0 aliphatic carbocycles. The summed E-state index contributed by atoms with van der Waals surface area (Å²) >= 11 is 3.50. The fraction of sp³-hybridized carbons (Fsp3) is 0.429. The van der Waals surface area contributed by atoms with E-state index in [9.17, 15) is 9.59 Å². The number of aryl methyl sites for hydroxylation is 1. The summed E-state index contributed by atoms with van der Waals surface area (Å²) in [6.45, 7) is 6.06. The highest BCUT2D eigenvalue weighted by molar-refractivity contribution is 9.10. The van der Waals surface area contributed by atoms with E-state index in [0.29, 0.717) is 30.7 Å². The van der Waals surface area contributed by atoms with Gasteiger partial charge in [-0.15, -0.1) is 0 Å². The third kappa shape index (κ3) is 6.44. The van der Waals surface area contributed by atoms with Crippen molar-refractivity contribution in [1.29, 1.82) is 0 Å². The Bertz CT molecular complexity index is 1320. The van der Waals surface area contributed by atoms with Crippen LogP contribution in [0.4, 0.5) is 0 Å². The average Bonchev–Trinajstić information content (AvgIpc) is 3.56. The van der Waals surface area contributed by atoms with E-state index < -0.39 is 0 Å². The van der Waals surface area contributed by atoms with Gasteiger partial charge >= 0.3 is 0 Å². The van der Waals surface area contributed by atoms with E-state index in [2.05, 4.69) is 85.2 Å². The van der Waals surface area contributed by atoms with E-state index in [1.807, 2.05) is 30.3 Å². The molecule has 3 aliphatic heterocycles.